The van der Waals surface area contributed by atoms with Crippen molar-refractivity contribution >= 4 is 12.4 Å². The lowest BCUT2D eigenvalue weighted by Crippen LogP contribution is -1.91. The normalized spacial score (nSPS) is 11.5. The van der Waals surface area contributed by atoms with E-state index in [0.717, 1.165) is 0 Å². The highest BCUT2D eigenvalue weighted by molar-refractivity contribution is 5.85. The van der Waals surface area contributed by atoms with Crippen molar-refractivity contribution in [2.24, 2.45) is 9.98 Å². The molecule has 5 heteroatoms. The molecule has 0 aliphatic carbocycles. The average molecular weight is 298 g/mol. The predicted molar refractivity (Wildman–Crippen MR) is 87.5 cm³/mol. The number of para-hydroxylation sites is 1. The summed E-state index contributed by atoms with van der Waals surface area (Å²) in [6.45, 7) is 2.62. The molecule has 0 radical (unpaired) electrons. The molecule has 0 saturated carbocycles. The summed E-state index contributed by atoms with van der Waals surface area (Å²) >= 11 is 0. The predicted octanol–water partition coefficient (Wildman–Crippen LogP) is 2.65. The molecule has 22 heavy (non-hydrogen) atoms. The van der Waals surface area contributed by atoms with Crippen LogP contribution in [0.2, 0.25) is 0 Å². The monoisotopic (exact) mass is 298 g/mol. The fourth-order valence-corrected chi connectivity index (χ4v) is 1.84. The van der Waals surface area contributed by atoms with Crippen molar-refractivity contribution in [3.05, 3.63) is 53.1 Å². The van der Waals surface area contributed by atoms with E-state index >= 15 is 0 Å². The van der Waals surface area contributed by atoms with E-state index < -0.39 is 0 Å². The zero-order valence-electron chi connectivity index (χ0n) is 12.3. The Morgan fingerprint density at radius 1 is 0.818 bits per heavy atom. The zero-order chi connectivity index (χ0) is 15.9. The van der Waals surface area contributed by atoms with Crippen LogP contribution >= 0.6 is 0 Å². The van der Waals surface area contributed by atoms with Crippen molar-refractivity contribution in [1.29, 1.82) is 0 Å². The number of phenolic OH excluding ortho intramolecular Hbond substituents is 3. The SMILES string of the molecule is Cc1ccc(C=NCCN=Cc2ccccc2O)c(O)c1O. The lowest BCUT2D eigenvalue weighted by molar-refractivity contribution is 0.400. The number of nitrogens with zero attached hydrogens (tertiary/aromatic N) is 2. The van der Waals surface area contributed by atoms with Gasteiger partial charge in [-0.3, -0.25) is 9.98 Å². The van der Waals surface area contributed by atoms with Crippen LogP contribution in [0.5, 0.6) is 17.2 Å². The van der Waals surface area contributed by atoms with Crippen LogP contribution in [0.25, 0.3) is 0 Å². The molecule has 5 nitrogen and oxygen atoms in total. The van der Waals surface area contributed by atoms with Gasteiger partial charge >= 0.3 is 0 Å². The third kappa shape index (κ3) is 3.85. The van der Waals surface area contributed by atoms with Crippen molar-refractivity contribution < 1.29 is 15.3 Å². The summed E-state index contributed by atoms with van der Waals surface area (Å²) in [5.74, 6) is -0.0993. The summed E-state index contributed by atoms with van der Waals surface area (Å²) < 4.78 is 0. The number of phenols is 3. The number of benzene rings is 2. The molecule has 0 unspecified atom stereocenters. The fourth-order valence-electron chi connectivity index (χ4n) is 1.84. The molecule has 0 atom stereocenters. The van der Waals surface area contributed by atoms with Gasteiger partial charge in [0.1, 0.15) is 5.75 Å². The largest absolute Gasteiger partial charge is 0.507 e. The summed E-state index contributed by atoms with van der Waals surface area (Å²) in [6, 6.07) is 10.4. The number of hydrogen-bond acceptors (Lipinski definition) is 5. The molecule has 2 aromatic rings. The summed E-state index contributed by atoms with van der Waals surface area (Å²) in [4.78, 5) is 8.33. The van der Waals surface area contributed by atoms with Crippen LogP contribution in [-0.2, 0) is 0 Å². The van der Waals surface area contributed by atoms with Gasteiger partial charge in [-0.2, -0.15) is 0 Å². The maximum atomic E-state index is 9.76. The van der Waals surface area contributed by atoms with Crippen LogP contribution in [0, 0.1) is 6.92 Å². The van der Waals surface area contributed by atoms with Gasteiger partial charge in [0.15, 0.2) is 11.5 Å². The Hall–Kier alpha value is -2.82. The maximum Gasteiger partial charge on any atom is 0.166 e. The molecular formula is C17H18N2O3. The van der Waals surface area contributed by atoms with E-state index in [1.54, 1.807) is 43.5 Å². The number of rotatable bonds is 5. The summed E-state index contributed by atoms with van der Waals surface area (Å²) in [5, 5.41) is 29.0. The first-order valence-electron chi connectivity index (χ1n) is 6.89. The molecule has 0 aromatic heterocycles. The highest BCUT2D eigenvalue weighted by Crippen LogP contribution is 2.30. The van der Waals surface area contributed by atoms with E-state index in [2.05, 4.69) is 9.98 Å². The van der Waals surface area contributed by atoms with Crippen molar-refractivity contribution in [3.63, 3.8) is 0 Å². The number of aliphatic imine (C=N–C) groups is 2. The summed E-state index contributed by atoms with van der Waals surface area (Å²) in [5.41, 5.74) is 1.74. The Balaban J connectivity index is 1.89. The van der Waals surface area contributed by atoms with Crippen LogP contribution in [0.1, 0.15) is 16.7 Å². The number of aromatic hydroxyl groups is 3. The molecule has 0 bridgehead atoms. The highest BCUT2D eigenvalue weighted by atomic mass is 16.3. The smallest absolute Gasteiger partial charge is 0.166 e. The molecule has 114 valence electrons. The van der Waals surface area contributed by atoms with Gasteiger partial charge in [-0.1, -0.05) is 18.2 Å². The lowest BCUT2D eigenvalue weighted by Gasteiger charge is -2.04. The van der Waals surface area contributed by atoms with Gasteiger partial charge in [-0.25, -0.2) is 0 Å². The van der Waals surface area contributed by atoms with E-state index in [1.165, 1.54) is 6.21 Å². The van der Waals surface area contributed by atoms with Gasteiger partial charge in [-0.05, 0) is 30.7 Å². The minimum absolute atomic E-state index is 0.124. The molecule has 3 N–H and O–H groups in total. The Bertz CT molecular complexity index is 709. The van der Waals surface area contributed by atoms with Crippen molar-refractivity contribution in [3.8, 4) is 17.2 Å². The Morgan fingerprint density at radius 3 is 2.14 bits per heavy atom. The van der Waals surface area contributed by atoms with Crippen LogP contribution < -0.4 is 0 Å². The third-order valence-electron chi connectivity index (χ3n) is 3.14. The first-order chi connectivity index (χ1) is 10.6. The van der Waals surface area contributed by atoms with Crippen molar-refractivity contribution in [2.75, 3.05) is 13.1 Å². The number of aryl methyl sites for hydroxylation is 1. The van der Waals surface area contributed by atoms with E-state index in [0.29, 0.717) is 29.8 Å². The van der Waals surface area contributed by atoms with Gasteiger partial charge < -0.3 is 15.3 Å². The van der Waals surface area contributed by atoms with E-state index in [9.17, 15) is 15.3 Å². The quantitative estimate of drug-likeness (QED) is 0.450. The van der Waals surface area contributed by atoms with Crippen molar-refractivity contribution in [2.45, 2.75) is 6.92 Å². The molecule has 0 aliphatic heterocycles. The first-order valence-corrected chi connectivity index (χ1v) is 6.89. The molecule has 0 aliphatic rings. The van der Waals surface area contributed by atoms with Crippen LogP contribution in [0.4, 0.5) is 0 Å². The average Bonchev–Trinajstić information content (AvgIpc) is 2.52. The van der Waals surface area contributed by atoms with Gasteiger partial charge in [0, 0.05) is 23.6 Å². The van der Waals surface area contributed by atoms with Gasteiger partial charge in [0.2, 0.25) is 0 Å². The van der Waals surface area contributed by atoms with Gasteiger partial charge in [0.05, 0.1) is 13.1 Å². The van der Waals surface area contributed by atoms with Crippen LogP contribution in [0.3, 0.4) is 0 Å². The topological polar surface area (TPSA) is 85.4 Å². The minimum Gasteiger partial charge on any atom is -0.507 e. The molecule has 0 fully saturated rings. The molecule has 0 spiro atoms. The fraction of sp³-hybridized carbons (Fsp3) is 0.176. The second-order valence-electron chi connectivity index (χ2n) is 4.80. The van der Waals surface area contributed by atoms with E-state index in [-0.39, 0.29) is 17.2 Å². The standard InChI is InChI=1S/C17H18N2O3/c1-12-6-7-14(17(22)16(12)21)11-19-9-8-18-10-13-4-2-3-5-15(13)20/h2-7,10-11,20-22H,8-9H2,1H3. The first kappa shape index (κ1) is 15.6. The second-order valence-corrected chi connectivity index (χ2v) is 4.80. The molecule has 2 rings (SSSR count). The molecular weight excluding hydrogens is 280 g/mol. The lowest BCUT2D eigenvalue weighted by atomic mass is 10.1. The van der Waals surface area contributed by atoms with Gasteiger partial charge in [0.25, 0.3) is 0 Å². The highest BCUT2D eigenvalue weighted by Gasteiger charge is 2.06. The Morgan fingerprint density at radius 2 is 1.45 bits per heavy atom. The Labute approximate surface area is 128 Å². The molecule has 0 saturated heterocycles. The Kier molecular flexibility index (Phi) is 5.14. The van der Waals surface area contributed by atoms with Crippen molar-refractivity contribution in [1.82, 2.24) is 0 Å². The molecule has 0 amide bonds. The van der Waals surface area contributed by atoms with E-state index in [1.807, 2.05) is 6.07 Å². The third-order valence-corrected chi connectivity index (χ3v) is 3.14. The summed E-state index contributed by atoms with van der Waals surface area (Å²) in [6.07, 6.45) is 3.10. The molecule has 0 heterocycles. The van der Waals surface area contributed by atoms with Gasteiger partial charge in [-0.15, -0.1) is 0 Å². The second kappa shape index (κ2) is 7.26. The van der Waals surface area contributed by atoms with Crippen LogP contribution in [-0.4, -0.2) is 40.8 Å². The van der Waals surface area contributed by atoms with Crippen LogP contribution in [0.15, 0.2) is 46.4 Å². The summed E-state index contributed by atoms with van der Waals surface area (Å²) in [7, 11) is 0. The maximum absolute atomic E-state index is 9.76. The number of hydrogen-bond donors (Lipinski definition) is 3. The molecule has 2 aromatic carbocycles. The minimum atomic E-state index is -0.165. The van der Waals surface area contributed by atoms with E-state index in [4.69, 9.17) is 0 Å². The zero-order valence-corrected chi connectivity index (χ0v) is 12.3.